The van der Waals surface area contributed by atoms with E-state index in [2.05, 4.69) is 10.3 Å². The molecule has 1 atom stereocenters. The van der Waals surface area contributed by atoms with Crippen molar-refractivity contribution in [2.45, 2.75) is 25.8 Å². The van der Waals surface area contributed by atoms with Gasteiger partial charge in [-0.3, -0.25) is 14.6 Å². The maximum Gasteiger partial charge on any atom is 0.253 e. The molecule has 19 heavy (non-hydrogen) atoms. The molecule has 1 aromatic rings. The fourth-order valence-electron chi connectivity index (χ4n) is 2.11. The number of nitrogens with zero attached hydrogens (tertiary/aromatic N) is 2. The minimum atomic E-state index is -0.576. The van der Waals surface area contributed by atoms with E-state index in [9.17, 15) is 14.7 Å². The highest BCUT2D eigenvalue weighted by molar-refractivity contribution is 5.97. The van der Waals surface area contributed by atoms with Crippen molar-refractivity contribution in [1.29, 1.82) is 0 Å². The highest BCUT2D eigenvalue weighted by atomic mass is 16.3. The average Bonchev–Trinajstić information content (AvgIpc) is 2.91. The number of hydrogen-bond acceptors (Lipinski definition) is 4. The van der Waals surface area contributed by atoms with Gasteiger partial charge in [0, 0.05) is 19.3 Å². The Hall–Kier alpha value is -2.11. The van der Waals surface area contributed by atoms with Crippen LogP contribution in [0.4, 0.5) is 0 Å². The number of likely N-dealkylation sites (tertiary alicyclic amines) is 1. The first kappa shape index (κ1) is 13.3. The third kappa shape index (κ3) is 3.21. The largest absolute Gasteiger partial charge is 0.506 e. The topological polar surface area (TPSA) is 82.5 Å². The molecule has 2 amide bonds. The summed E-state index contributed by atoms with van der Waals surface area (Å²) in [5.41, 5.74) is 0.237. The standard InChI is InChI=1S/C13H17N3O3/c1-9(13(19)16-4-2-3-5-16)15-12(18)10-6-11(17)8-14-7-10/h6-9,17H,2-5H2,1H3,(H,15,18)/t9-/m0/s1. The number of nitrogens with one attached hydrogen (secondary N) is 1. The molecule has 6 heteroatoms. The predicted molar refractivity (Wildman–Crippen MR) is 68.6 cm³/mol. The maximum atomic E-state index is 12.0. The zero-order valence-corrected chi connectivity index (χ0v) is 10.8. The minimum absolute atomic E-state index is 0.0704. The highest BCUT2D eigenvalue weighted by Gasteiger charge is 2.24. The third-order valence-electron chi connectivity index (χ3n) is 3.12. The Morgan fingerprint density at radius 3 is 2.68 bits per heavy atom. The number of hydrogen-bond donors (Lipinski definition) is 2. The van der Waals surface area contributed by atoms with Crippen LogP contribution in [-0.2, 0) is 4.79 Å². The van der Waals surface area contributed by atoms with Gasteiger partial charge >= 0.3 is 0 Å². The second kappa shape index (κ2) is 5.69. The van der Waals surface area contributed by atoms with Gasteiger partial charge in [0.2, 0.25) is 5.91 Å². The van der Waals surface area contributed by atoms with Gasteiger partial charge in [-0.2, -0.15) is 0 Å². The number of rotatable bonds is 3. The Bertz CT molecular complexity index is 484. The lowest BCUT2D eigenvalue weighted by molar-refractivity contribution is -0.131. The molecule has 1 aliphatic rings. The molecular weight excluding hydrogens is 246 g/mol. The minimum Gasteiger partial charge on any atom is -0.506 e. The van der Waals surface area contributed by atoms with Gasteiger partial charge < -0.3 is 15.3 Å². The first-order valence-corrected chi connectivity index (χ1v) is 6.31. The Morgan fingerprint density at radius 1 is 1.37 bits per heavy atom. The van der Waals surface area contributed by atoms with E-state index in [1.165, 1.54) is 18.5 Å². The second-order valence-corrected chi connectivity index (χ2v) is 4.66. The molecule has 1 saturated heterocycles. The van der Waals surface area contributed by atoms with E-state index in [0.717, 1.165) is 25.9 Å². The van der Waals surface area contributed by atoms with Gasteiger partial charge in [-0.15, -0.1) is 0 Å². The summed E-state index contributed by atoms with van der Waals surface area (Å²) in [6.07, 6.45) is 4.63. The number of amides is 2. The van der Waals surface area contributed by atoms with Gasteiger partial charge in [0.25, 0.3) is 5.91 Å². The van der Waals surface area contributed by atoms with E-state index in [-0.39, 0.29) is 17.2 Å². The summed E-state index contributed by atoms with van der Waals surface area (Å²) in [6, 6.07) is 0.739. The van der Waals surface area contributed by atoms with Gasteiger partial charge in [-0.25, -0.2) is 0 Å². The van der Waals surface area contributed by atoms with Gasteiger partial charge in [0.1, 0.15) is 11.8 Å². The summed E-state index contributed by atoms with van der Waals surface area (Å²) in [6.45, 7) is 3.17. The maximum absolute atomic E-state index is 12.0. The summed E-state index contributed by atoms with van der Waals surface area (Å²) < 4.78 is 0. The van der Waals surface area contributed by atoms with Crippen LogP contribution in [0.2, 0.25) is 0 Å². The van der Waals surface area contributed by atoms with Gasteiger partial charge in [-0.1, -0.05) is 0 Å². The first-order chi connectivity index (χ1) is 9.08. The Balaban J connectivity index is 1.96. The molecule has 0 aromatic carbocycles. The van der Waals surface area contributed by atoms with Crippen molar-refractivity contribution in [2.24, 2.45) is 0 Å². The molecule has 2 rings (SSSR count). The van der Waals surface area contributed by atoms with Crippen molar-refractivity contribution in [3.05, 3.63) is 24.0 Å². The molecule has 6 nitrogen and oxygen atoms in total. The molecule has 102 valence electrons. The van der Waals surface area contributed by atoms with Crippen molar-refractivity contribution in [3.8, 4) is 5.75 Å². The van der Waals surface area contributed by atoms with Crippen LogP contribution in [0.25, 0.3) is 0 Å². The quantitative estimate of drug-likeness (QED) is 0.833. The molecular formula is C13H17N3O3. The second-order valence-electron chi connectivity index (χ2n) is 4.66. The monoisotopic (exact) mass is 263 g/mol. The zero-order chi connectivity index (χ0) is 13.8. The van der Waals surface area contributed by atoms with Crippen LogP contribution in [0.5, 0.6) is 5.75 Å². The fraction of sp³-hybridized carbons (Fsp3) is 0.462. The summed E-state index contributed by atoms with van der Waals surface area (Å²) in [7, 11) is 0. The molecule has 1 aromatic heterocycles. The molecule has 0 saturated carbocycles. The normalized spacial score (nSPS) is 16.2. The number of carbonyl (C=O) groups excluding carboxylic acids is 2. The van der Waals surface area contributed by atoms with E-state index in [1.54, 1.807) is 11.8 Å². The summed E-state index contributed by atoms with van der Waals surface area (Å²) in [4.78, 5) is 29.4. The van der Waals surface area contributed by atoms with Crippen LogP contribution in [-0.4, -0.2) is 45.9 Å². The number of aromatic hydroxyl groups is 1. The number of pyridine rings is 1. The van der Waals surface area contributed by atoms with Gasteiger partial charge in [0.05, 0.1) is 11.8 Å². The predicted octanol–water partition coefficient (Wildman–Crippen LogP) is 0.528. The van der Waals surface area contributed by atoms with Gasteiger partial charge in [0.15, 0.2) is 0 Å². The van der Waals surface area contributed by atoms with E-state index < -0.39 is 11.9 Å². The Morgan fingerprint density at radius 2 is 2.05 bits per heavy atom. The zero-order valence-electron chi connectivity index (χ0n) is 10.8. The highest BCUT2D eigenvalue weighted by Crippen LogP contribution is 2.11. The Kier molecular flexibility index (Phi) is 3.99. The van der Waals surface area contributed by atoms with Crippen LogP contribution in [0.15, 0.2) is 18.5 Å². The lowest BCUT2D eigenvalue weighted by atomic mass is 10.2. The van der Waals surface area contributed by atoms with Gasteiger partial charge in [-0.05, 0) is 25.8 Å². The van der Waals surface area contributed by atoms with E-state index in [4.69, 9.17) is 0 Å². The van der Waals surface area contributed by atoms with Crippen molar-refractivity contribution in [1.82, 2.24) is 15.2 Å². The molecule has 0 bridgehead atoms. The van der Waals surface area contributed by atoms with E-state index in [1.807, 2.05) is 0 Å². The number of carbonyl (C=O) groups is 2. The molecule has 0 radical (unpaired) electrons. The molecule has 0 aliphatic carbocycles. The van der Waals surface area contributed by atoms with Crippen molar-refractivity contribution in [3.63, 3.8) is 0 Å². The van der Waals surface area contributed by atoms with Crippen LogP contribution < -0.4 is 5.32 Å². The summed E-state index contributed by atoms with van der Waals surface area (Å²) in [5, 5.41) is 11.9. The smallest absolute Gasteiger partial charge is 0.253 e. The summed E-state index contributed by atoms with van der Waals surface area (Å²) in [5.74, 6) is -0.561. The molecule has 1 aliphatic heterocycles. The third-order valence-corrected chi connectivity index (χ3v) is 3.12. The van der Waals surface area contributed by atoms with Crippen LogP contribution >= 0.6 is 0 Å². The number of aromatic nitrogens is 1. The summed E-state index contributed by atoms with van der Waals surface area (Å²) >= 11 is 0. The molecule has 2 heterocycles. The van der Waals surface area contributed by atoms with Crippen molar-refractivity contribution in [2.75, 3.05) is 13.1 Å². The van der Waals surface area contributed by atoms with Crippen LogP contribution in [0, 0.1) is 0 Å². The molecule has 1 fully saturated rings. The van der Waals surface area contributed by atoms with Crippen molar-refractivity contribution >= 4 is 11.8 Å². The first-order valence-electron chi connectivity index (χ1n) is 6.31. The average molecular weight is 263 g/mol. The lowest BCUT2D eigenvalue weighted by Crippen LogP contribution is -2.45. The molecule has 0 spiro atoms. The van der Waals surface area contributed by atoms with Crippen LogP contribution in [0.1, 0.15) is 30.1 Å². The SMILES string of the molecule is C[C@H](NC(=O)c1cncc(O)c1)C(=O)N1CCCC1. The van der Waals surface area contributed by atoms with Crippen molar-refractivity contribution < 1.29 is 14.7 Å². The van der Waals surface area contributed by atoms with Crippen LogP contribution in [0.3, 0.4) is 0 Å². The Labute approximate surface area is 111 Å². The molecule has 2 N–H and O–H groups in total. The molecule has 0 unspecified atom stereocenters. The fourth-order valence-corrected chi connectivity index (χ4v) is 2.11. The van der Waals surface area contributed by atoms with E-state index in [0.29, 0.717) is 0 Å². The lowest BCUT2D eigenvalue weighted by Gasteiger charge is -2.21. The van der Waals surface area contributed by atoms with E-state index >= 15 is 0 Å².